The molecule has 42 heavy (non-hydrogen) atoms. The van der Waals surface area contributed by atoms with Crippen LogP contribution in [0.4, 0.5) is 17.1 Å². The van der Waals surface area contributed by atoms with Gasteiger partial charge in [0, 0.05) is 32.9 Å². The Hall–Kier alpha value is -3.11. The molecule has 1 atom stereocenters. The van der Waals surface area contributed by atoms with Crippen LogP contribution in [0.5, 0.6) is 0 Å². The van der Waals surface area contributed by atoms with Gasteiger partial charge in [-0.2, -0.15) is 0 Å². The van der Waals surface area contributed by atoms with Crippen LogP contribution in [-0.4, -0.2) is 4.57 Å². The summed E-state index contributed by atoms with van der Waals surface area (Å²) in [6.45, 7) is 8.99. The Morgan fingerprint density at radius 3 is 2.10 bits per heavy atom. The summed E-state index contributed by atoms with van der Waals surface area (Å²) in [5, 5.41) is 11.6. The van der Waals surface area contributed by atoms with Gasteiger partial charge in [-0.3, -0.25) is 0 Å². The summed E-state index contributed by atoms with van der Waals surface area (Å²) in [4.78, 5) is 0. The molecule has 218 valence electrons. The maximum Gasteiger partial charge on any atom is 0.000468 e. The zero-order valence-corrected chi connectivity index (χ0v) is 29.7. The van der Waals surface area contributed by atoms with Gasteiger partial charge in [-0.25, -0.2) is 5.69 Å². The summed E-state index contributed by atoms with van der Waals surface area (Å²) in [5.41, 5.74) is 11.9. The van der Waals surface area contributed by atoms with Crippen LogP contribution in [0.2, 0.25) is 0 Å². The third-order valence-electron chi connectivity index (χ3n) is 8.07. The molecule has 3 nitrogen and oxygen atoms in total. The van der Waals surface area contributed by atoms with Gasteiger partial charge in [-0.1, -0.05) is 147 Å². The minimum absolute atomic E-state index is 0. The fraction of sp³-hybridized carbons (Fsp3) is 0.263. The molecule has 0 aliphatic heterocycles. The van der Waals surface area contributed by atoms with Crippen LogP contribution in [0.1, 0.15) is 74.2 Å². The molecule has 1 unspecified atom stereocenters. The van der Waals surface area contributed by atoms with Crippen LogP contribution in [-0.2, 0) is 39.3 Å². The molecule has 1 aliphatic rings. The first-order valence-corrected chi connectivity index (χ1v) is 14.2. The number of benzene rings is 4. The molecule has 0 spiro atoms. The fourth-order valence-electron chi connectivity index (χ4n) is 6.05. The molecule has 4 heteroatoms. The van der Waals surface area contributed by atoms with Crippen molar-refractivity contribution in [1.82, 2.24) is 4.57 Å². The molecule has 5 aromatic rings. The molecule has 0 bridgehead atoms. The van der Waals surface area contributed by atoms with Gasteiger partial charge in [0.05, 0.1) is 0 Å². The van der Waals surface area contributed by atoms with E-state index in [1.165, 1.54) is 27.8 Å². The number of aromatic nitrogens is 1. The first-order valence-electron chi connectivity index (χ1n) is 14.2. The molecule has 1 heterocycles. The molecule has 0 N–H and O–H groups in total. The zero-order valence-electron chi connectivity index (χ0n) is 26.1. The van der Waals surface area contributed by atoms with Crippen molar-refractivity contribution in [3.8, 4) is 11.3 Å². The van der Waals surface area contributed by atoms with Gasteiger partial charge < -0.3 is 30.1 Å². The SMILES string of the molecule is CC(C)c1cccc(C(C)C)c1[N-]c1cccc2c1[c-]c(-c1cccc3c1C([N-]c1ccccc1)CC3)n2C.[CH3-].[CH3-].[Hf]. The maximum atomic E-state index is 5.34. The molecule has 0 saturated heterocycles. The van der Waals surface area contributed by atoms with Crippen LogP contribution >= 0.6 is 0 Å². The minimum atomic E-state index is 0. The van der Waals surface area contributed by atoms with Gasteiger partial charge in [0.15, 0.2) is 0 Å². The number of hydrogen-bond acceptors (Lipinski definition) is 0. The number of nitrogens with zero attached hydrogens (tertiary/aromatic N) is 3. The Balaban J connectivity index is 0.00000161. The van der Waals surface area contributed by atoms with Gasteiger partial charge in [-0.05, 0) is 29.5 Å². The molecule has 1 aromatic heterocycles. The summed E-state index contributed by atoms with van der Waals surface area (Å²) < 4.78 is 2.28. The average Bonchev–Trinajstić information content (AvgIpc) is 3.50. The predicted molar refractivity (Wildman–Crippen MR) is 178 cm³/mol. The molecule has 1 aliphatic carbocycles. The summed E-state index contributed by atoms with van der Waals surface area (Å²) in [5.74, 6) is 0.795. The largest absolute Gasteiger partial charge is 0.701 e. The molecule has 0 saturated carbocycles. The monoisotopic (exact) mass is 720 g/mol. The Bertz CT molecular complexity index is 1610. The van der Waals surface area contributed by atoms with Crippen LogP contribution in [0.15, 0.2) is 84.9 Å². The summed E-state index contributed by atoms with van der Waals surface area (Å²) >= 11 is 0. The van der Waals surface area contributed by atoms with Crippen LogP contribution in [0.25, 0.3) is 32.8 Å². The number of para-hydroxylation sites is 2. The second kappa shape index (κ2) is 13.9. The first kappa shape index (κ1) is 33.4. The number of fused-ring (bicyclic) bond motifs is 2. The number of rotatable bonds is 7. The smallest absolute Gasteiger partial charge is 0.000468 e. The van der Waals surface area contributed by atoms with Gasteiger partial charge >= 0.3 is 0 Å². The predicted octanol–water partition coefficient (Wildman–Crippen LogP) is 11.8. The Morgan fingerprint density at radius 1 is 0.786 bits per heavy atom. The van der Waals surface area contributed by atoms with Crippen molar-refractivity contribution >= 4 is 28.0 Å². The van der Waals surface area contributed by atoms with Crippen molar-refractivity contribution in [2.45, 2.75) is 58.4 Å². The minimum Gasteiger partial charge on any atom is -0.701 e. The molecular weight excluding hydrogens is 677 g/mol. The van der Waals surface area contributed by atoms with E-state index in [2.05, 4.69) is 124 Å². The Labute approximate surface area is 272 Å². The summed E-state index contributed by atoms with van der Waals surface area (Å²) in [6.07, 6.45) is 2.09. The third-order valence-corrected chi connectivity index (χ3v) is 8.07. The second-order valence-corrected chi connectivity index (χ2v) is 11.3. The second-order valence-electron chi connectivity index (χ2n) is 11.3. The molecule has 6 rings (SSSR count). The van der Waals surface area contributed by atoms with Crippen molar-refractivity contribution < 1.29 is 25.8 Å². The van der Waals surface area contributed by atoms with E-state index in [0.717, 1.165) is 46.5 Å². The van der Waals surface area contributed by atoms with E-state index < -0.39 is 0 Å². The van der Waals surface area contributed by atoms with Crippen LogP contribution < -0.4 is 0 Å². The fourth-order valence-corrected chi connectivity index (χ4v) is 6.05. The molecule has 4 aromatic carbocycles. The van der Waals surface area contributed by atoms with E-state index in [1.54, 1.807) is 0 Å². The van der Waals surface area contributed by atoms with Gasteiger partial charge in [0.1, 0.15) is 0 Å². The van der Waals surface area contributed by atoms with Crippen molar-refractivity contribution in [3.05, 3.63) is 139 Å². The van der Waals surface area contributed by atoms with E-state index >= 15 is 0 Å². The first-order chi connectivity index (χ1) is 18.9. The van der Waals surface area contributed by atoms with Gasteiger partial charge in [-0.15, -0.1) is 28.9 Å². The number of aryl methyl sites for hydroxylation is 2. The topological polar surface area (TPSA) is 33.1 Å². The molecule has 0 radical (unpaired) electrons. The quantitative estimate of drug-likeness (QED) is 0.119. The molecule has 0 amide bonds. The maximum absolute atomic E-state index is 5.34. The van der Waals surface area contributed by atoms with E-state index in [4.69, 9.17) is 10.6 Å². The van der Waals surface area contributed by atoms with Crippen molar-refractivity contribution in [1.29, 1.82) is 0 Å². The molecular formula is C38H42HfN3-5. The Morgan fingerprint density at radius 2 is 1.43 bits per heavy atom. The van der Waals surface area contributed by atoms with E-state index in [-0.39, 0.29) is 46.7 Å². The summed E-state index contributed by atoms with van der Waals surface area (Å²) in [6, 6.07) is 34.1. The summed E-state index contributed by atoms with van der Waals surface area (Å²) in [7, 11) is 2.15. The van der Waals surface area contributed by atoms with Crippen LogP contribution in [0, 0.1) is 20.9 Å². The standard InChI is InChI=1S/C36H36N3.2CH3.Hf/c1-23(2)27-15-10-16-28(24(3)4)36(27)38-31-18-11-19-33-30(31)22-34(39(33)5)29-17-9-12-25-20-21-32(35(25)29)37-26-13-7-6-8-14-26;;;/h6-19,23-24,32H,20-21H2,1-5H3;2*1H3;/q-3;2*-1;. The number of hydrogen-bond donors (Lipinski definition) is 0. The van der Waals surface area contributed by atoms with Crippen LogP contribution in [0.3, 0.4) is 0 Å². The van der Waals surface area contributed by atoms with Gasteiger partial charge in [0.25, 0.3) is 0 Å². The van der Waals surface area contributed by atoms with Gasteiger partial charge in [0.2, 0.25) is 0 Å². The normalized spacial score (nSPS) is 13.7. The zero-order chi connectivity index (χ0) is 27.1. The van der Waals surface area contributed by atoms with Crippen molar-refractivity contribution in [2.75, 3.05) is 0 Å². The molecule has 0 fully saturated rings. The van der Waals surface area contributed by atoms with Crippen molar-refractivity contribution in [3.63, 3.8) is 0 Å². The Kier molecular flexibility index (Phi) is 11.1. The third kappa shape index (κ3) is 6.15. The average molecular weight is 719 g/mol. The van der Waals surface area contributed by atoms with E-state index in [1.807, 2.05) is 6.07 Å². The van der Waals surface area contributed by atoms with Crippen molar-refractivity contribution in [2.24, 2.45) is 7.05 Å². The van der Waals surface area contributed by atoms with E-state index in [0.29, 0.717) is 11.8 Å². The van der Waals surface area contributed by atoms with E-state index in [9.17, 15) is 0 Å².